The van der Waals surface area contributed by atoms with E-state index in [4.69, 9.17) is 10.8 Å². The van der Waals surface area contributed by atoms with Gasteiger partial charge < -0.3 is 16.2 Å². The molecule has 0 saturated heterocycles. The summed E-state index contributed by atoms with van der Waals surface area (Å²) in [6.07, 6.45) is 1.69. The third-order valence-electron chi connectivity index (χ3n) is 1.88. The molecule has 100 valence electrons. The lowest BCUT2D eigenvalue weighted by Gasteiger charge is -2.03. The van der Waals surface area contributed by atoms with E-state index in [1.807, 2.05) is 0 Å². The van der Waals surface area contributed by atoms with Crippen LogP contribution in [-0.4, -0.2) is 28.6 Å². The minimum absolute atomic E-state index is 0.188. The van der Waals surface area contributed by atoms with Crippen molar-refractivity contribution < 1.29 is 19.5 Å². The van der Waals surface area contributed by atoms with Gasteiger partial charge in [-0.3, -0.25) is 9.59 Å². The van der Waals surface area contributed by atoms with E-state index < -0.39 is 17.8 Å². The van der Waals surface area contributed by atoms with Crippen LogP contribution in [0.4, 0.5) is 5.69 Å². The van der Waals surface area contributed by atoms with Crippen molar-refractivity contribution in [2.75, 3.05) is 11.1 Å². The Morgan fingerprint density at radius 3 is 2.37 bits per heavy atom. The first-order valence-electron chi connectivity index (χ1n) is 5.20. The van der Waals surface area contributed by atoms with Crippen LogP contribution in [0.25, 0.3) is 0 Å². The van der Waals surface area contributed by atoms with Crippen molar-refractivity contribution in [2.45, 2.75) is 4.90 Å². The standard InChI is InChI=1S/C12H12N2O4S/c13-10(15)7-19-9-3-1-8(2-4-9)14-11(16)5-6-12(17)18/h1-6H,7H2,(H2,13,15)(H,14,16)(H,17,18)/b6-5+. The Balaban J connectivity index is 2.54. The molecule has 0 atom stereocenters. The van der Waals surface area contributed by atoms with Gasteiger partial charge in [0.15, 0.2) is 0 Å². The average Bonchev–Trinajstić information content (AvgIpc) is 2.35. The number of carbonyl (C=O) groups is 3. The molecule has 0 unspecified atom stereocenters. The van der Waals surface area contributed by atoms with E-state index >= 15 is 0 Å². The Labute approximate surface area is 113 Å². The molecule has 0 fully saturated rings. The lowest BCUT2D eigenvalue weighted by molar-refractivity contribution is -0.131. The van der Waals surface area contributed by atoms with Gasteiger partial charge in [0.1, 0.15) is 0 Å². The summed E-state index contributed by atoms with van der Waals surface area (Å²) in [6.45, 7) is 0. The minimum atomic E-state index is -1.19. The van der Waals surface area contributed by atoms with E-state index in [1.54, 1.807) is 24.3 Å². The molecular formula is C12H12N2O4S. The fourth-order valence-corrected chi connectivity index (χ4v) is 1.76. The number of carboxylic acids is 1. The van der Waals surface area contributed by atoms with Gasteiger partial charge >= 0.3 is 5.97 Å². The zero-order valence-electron chi connectivity index (χ0n) is 9.83. The number of amides is 2. The van der Waals surface area contributed by atoms with Crippen LogP contribution < -0.4 is 11.1 Å². The van der Waals surface area contributed by atoms with Crippen LogP contribution in [0, 0.1) is 0 Å². The summed E-state index contributed by atoms with van der Waals surface area (Å²) < 4.78 is 0. The van der Waals surface area contributed by atoms with E-state index in [0.717, 1.165) is 17.0 Å². The SMILES string of the molecule is NC(=O)CSc1ccc(NC(=O)/C=C/C(=O)O)cc1. The number of carbonyl (C=O) groups excluding carboxylic acids is 2. The molecule has 0 aromatic heterocycles. The monoisotopic (exact) mass is 280 g/mol. The molecule has 0 aliphatic rings. The van der Waals surface area contributed by atoms with Gasteiger partial charge in [-0.2, -0.15) is 0 Å². The second-order valence-corrected chi connectivity index (χ2v) is 4.49. The van der Waals surface area contributed by atoms with Crippen LogP contribution in [0.15, 0.2) is 41.3 Å². The number of primary amides is 1. The Kier molecular flexibility index (Phi) is 5.62. The highest BCUT2D eigenvalue weighted by atomic mass is 32.2. The van der Waals surface area contributed by atoms with Crippen molar-refractivity contribution in [1.82, 2.24) is 0 Å². The molecule has 0 aliphatic carbocycles. The zero-order chi connectivity index (χ0) is 14.3. The van der Waals surface area contributed by atoms with Crippen molar-refractivity contribution in [3.8, 4) is 0 Å². The maximum absolute atomic E-state index is 11.3. The predicted octanol–water partition coefficient (Wildman–Crippen LogP) is 0.843. The number of nitrogens with two attached hydrogens (primary N) is 1. The molecule has 0 aliphatic heterocycles. The van der Waals surface area contributed by atoms with Gasteiger partial charge in [-0.25, -0.2) is 4.79 Å². The number of hydrogen-bond acceptors (Lipinski definition) is 4. The Morgan fingerprint density at radius 2 is 1.84 bits per heavy atom. The van der Waals surface area contributed by atoms with E-state index in [0.29, 0.717) is 5.69 Å². The van der Waals surface area contributed by atoms with Gasteiger partial charge in [-0.1, -0.05) is 0 Å². The first-order valence-corrected chi connectivity index (χ1v) is 6.19. The number of carboxylic acid groups (broad SMARTS) is 1. The number of benzene rings is 1. The highest BCUT2D eigenvalue weighted by Gasteiger charge is 2.01. The molecule has 1 aromatic carbocycles. The van der Waals surface area contributed by atoms with Crippen LogP contribution in [0.3, 0.4) is 0 Å². The van der Waals surface area contributed by atoms with Crippen LogP contribution in [0.1, 0.15) is 0 Å². The fraction of sp³-hybridized carbons (Fsp3) is 0.0833. The van der Waals surface area contributed by atoms with Gasteiger partial charge in [-0.15, -0.1) is 11.8 Å². The Hall–Kier alpha value is -2.28. The number of hydrogen-bond donors (Lipinski definition) is 3. The lowest BCUT2D eigenvalue weighted by atomic mass is 10.3. The summed E-state index contributed by atoms with van der Waals surface area (Å²) in [5.74, 6) is -1.93. The molecule has 2 amide bonds. The summed E-state index contributed by atoms with van der Waals surface area (Å²) in [7, 11) is 0. The molecule has 0 saturated carbocycles. The van der Waals surface area contributed by atoms with Gasteiger partial charge in [0.25, 0.3) is 0 Å². The van der Waals surface area contributed by atoms with Crippen LogP contribution in [0.5, 0.6) is 0 Å². The Morgan fingerprint density at radius 1 is 1.21 bits per heavy atom. The van der Waals surface area contributed by atoms with Gasteiger partial charge in [-0.05, 0) is 24.3 Å². The van der Waals surface area contributed by atoms with Crippen molar-refractivity contribution >= 4 is 35.2 Å². The summed E-state index contributed by atoms with van der Waals surface area (Å²) in [6, 6.07) is 6.75. The van der Waals surface area contributed by atoms with E-state index in [-0.39, 0.29) is 5.75 Å². The number of aliphatic carboxylic acids is 1. The summed E-state index contributed by atoms with van der Waals surface area (Å²) in [4.78, 5) is 33.0. The fourth-order valence-electron chi connectivity index (χ4n) is 1.12. The predicted molar refractivity (Wildman–Crippen MR) is 71.8 cm³/mol. The number of anilines is 1. The summed E-state index contributed by atoms with van der Waals surface area (Å²) in [5.41, 5.74) is 5.55. The molecule has 1 rings (SSSR count). The molecule has 19 heavy (non-hydrogen) atoms. The van der Waals surface area contributed by atoms with Crippen molar-refractivity contribution in [3.63, 3.8) is 0 Å². The van der Waals surface area contributed by atoms with Gasteiger partial charge in [0.05, 0.1) is 5.75 Å². The maximum atomic E-state index is 11.3. The number of rotatable bonds is 6. The quantitative estimate of drug-likeness (QED) is 0.528. The zero-order valence-corrected chi connectivity index (χ0v) is 10.6. The second-order valence-electron chi connectivity index (χ2n) is 3.44. The third-order valence-corrected chi connectivity index (χ3v) is 2.91. The smallest absolute Gasteiger partial charge is 0.328 e. The maximum Gasteiger partial charge on any atom is 0.328 e. The molecule has 6 nitrogen and oxygen atoms in total. The molecule has 0 heterocycles. The van der Waals surface area contributed by atoms with E-state index in [1.165, 1.54) is 11.8 Å². The third kappa shape index (κ3) is 6.27. The minimum Gasteiger partial charge on any atom is -0.478 e. The van der Waals surface area contributed by atoms with Crippen molar-refractivity contribution in [2.24, 2.45) is 5.73 Å². The first kappa shape index (κ1) is 14.8. The average molecular weight is 280 g/mol. The van der Waals surface area contributed by atoms with Crippen LogP contribution >= 0.6 is 11.8 Å². The summed E-state index contributed by atoms with van der Waals surface area (Å²) in [5, 5.41) is 10.9. The highest BCUT2D eigenvalue weighted by Crippen LogP contribution is 2.19. The van der Waals surface area contributed by atoms with Crippen LogP contribution in [-0.2, 0) is 14.4 Å². The first-order chi connectivity index (χ1) is 8.97. The van der Waals surface area contributed by atoms with E-state index in [2.05, 4.69) is 5.32 Å². The molecular weight excluding hydrogens is 268 g/mol. The molecule has 4 N–H and O–H groups in total. The van der Waals surface area contributed by atoms with Crippen molar-refractivity contribution in [1.29, 1.82) is 0 Å². The molecule has 0 radical (unpaired) electrons. The molecule has 0 spiro atoms. The highest BCUT2D eigenvalue weighted by molar-refractivity contribution is 8.00. The van der Waals surface area contributed by atoms with Crippen molar-refractivity contribution in [3.05, 3.63) is 36.4 Å². The largest absolute Gasteiger partial charge is 0.478 e. The lowest BCUT2D eigenvalue weighted by Crippen LogP contribution is -2.12. The molecule has 7 heteroatoms. The second kappa shape index (κ2) is 7.22. The number of nitrogens with one attached hydrogen (secondary N) is 1. The van der Waals surface area contributed by atoms with Crippen LogP contribution in [0.2, 0.25) is 0 Å². The van der Waals surface area contributed by atoms with E-state index in [9.17, 15) is 14.4 Å². The molecule has 0 bridgehead atoms. The van der Waals surface area contributed by atoms with Gasteiger partial charge in [0, 0.05) is 22.7 Å². The molecule has 1 aromatic rings. The number of thioether (sulfide) groups is 1. The topological polar surface area (TPSA) is 109 Å². The Bertz CT molecular complexity index is 511. The van der Waals surface area contributed by atoms with Gasteiger partial charge in [0.2, 0.25) is 11.8 Å². The normalized spacial score (nSPS) is 10.3. The summed E-state index contributed by atoms with van der Waals surface area (Å²) >= 11 is 1.29.